The van der Waals surface area contributed by atoms with Crippen molar-refractivity contribution < 1.29 is 14.6 Å². The third kappa shape index (κ3) is 3.47. The van der Waals surface area contributed by atoms with Crippen LogP contribution in [0.2, 0.25) is 0 Å². The monoisotopic (exact) mass is 360 g/mol. The van der Waals surface area contributed by atoms with Crippen molar-refractivity contribution in [2.45, 2.75) is 96.2 Å². The normalized spacial score (nSPS) is 27.3. The zero-order chi connectivity index (χ0) is 19.1. The maximum Gasteiger partial charge on any atom is 0.127 e. The Morgan fingerprint density at radius 2 is 2.00 bits per heavy atom. The van der Waals surface area contributed by atoms with Gasteiger partial charge in [0.1, 0.15) is 17.1 Å². The molecule has 1 aromatic carbocycles. The maximum absolute atomic E-state index is 10.3. The Hall–Kier alpha value is -1.22. The molecule has 0 aromatic heterocycles. The first-order valence-electron chi connectivity index (χ1n) is 10.3. The molecule has 0 saturated heterocycles. The molecule has 1 aromatic rings. The van der Waals surface area contributed by atoms with Crippen LogP contribution in [-0.4, -0.2) is 23.9 Å². The van der Waals surface area contributed by atoms with Crippen LogP contribution >= 0.6 is 0 Å². The highest BCUT2D eigenvalue weighted by Gasteiger charge is 2.48. The molecular weight excluding hydrogens is 324 g/mol. The maximum atomic E-state index is 10.3. The summed E-state index contributed by atoms with van der Waals surface area (Å²) in [4.78, 5) is 0. The third-order valence-corrected chi connectivity index (χ3v) is 6.72. The number of hydrogen-bond donors (Lipinski definition) is 1. The summed E-state index contributed by atoms with van der Waals surface area (Å²) in [6, 6.07) is 4.46. The van der Waals surface area contributed by atoms with Crippen LogP contribution in [0.25, 0.3) is 0 Å². The molecule has 3 atom stereocenters. The van der Waals surface area contributed by atoms with E-state index in [1.54, 1.807) is 7.11 Å². The summed E-state index contributed by atoms with van der Waals surface area (Å²) in [5.74, 6) is 2.62. The number of benzene rings is 1. The van der Waals surface area contributed by atoms with Gasteiger partial charge in [0, 0.05) is 17.4 Å². The largest absolute Gasteiger partial charge is 0.496 e. The molecule has 1 heterocycles. The number of unbranched alkanes of at least 4 members (excludes halogenated alkanes) is 1. The van der Waals surface area contributed by atoms with E-state index in [4.69, 9.17) is 9.47 Å². The average molecular weight is 361 g/mol. The first kappa shape index (κ1) is 19.5. The van der Waals surface area contributed by atoms with Crippen LogP contribution in [0.4, 0.5) is 0 Å². The molecule has 1 aliphatic carbocycles. The predicted molar refractivity (Wildman–Crippen MR) is 106 cm³/mol. The minimum Gasteiger partial charge on any atom is -0.496 e. The lowest BCUT2D eigenvalue weighted by atomic mass is 9.65. The Balaban J connectivity index is 2.07. The molecule has 0 unspecified atom stereocenters. The van der Waals surface area contributed by atoms with Crippen molar-refractivity contribution in [2.75, 3.05) is 7.11 Å². The Labute approximate surface area is 159 Å². The highest BCUT2D eigenvalue weighted by molar-refractivity contribution is 5.54. The molecule has 3 nitrogen and oxygen atoms in total. The van der Waals surface area contributed by atoms with Crippen molar-refractivity contribution in [2.24, 2.45) is 5.92 Å². The number of methoxy groups -OCH3 is 1. The second-order valence-corrected chi connectivity index (χ2v) is 9.46. The first-order valence-corrected chi connectivity index (χ1v) is 10.3. The molecular formula is C23H36O3. The van der Waals surface area contributed by atoms with E-state index in [9.17, 15) is 5.11 Å². The van der Waals surface area contributed by atoms with E-state index in [-0.39, 0.29) is 17.1 Å². The van der Waals surface area contributed by atoms with E-state index in [2.05, 4.69) is 46.8 Å². The zero-order valence-electron chi connectivity index (χ0n) is 17.4. The number of hydrogen-bond acceptors (Lipinski definition) is 3. The molecule has 26 heavy (non-hydrogen) atoms. The molecule has 0 spiro atoms. The van der Waals surface area contributed by atoms with Crippen LogP contribution in [0.1, 0.15) is 90.2 Å². The minimum atomic E-state index is -0.219. The van der Waals surface area contributed by atoms with Gasteiger partial charge in [0.15, 0.2) is 0 Å². The fourth-order valence-corrected chi connectivity index (χ4v) is 5.03. The summed E-state index contributed by atoms with van der Waals surface area (Å²) in [5.41, 5.74) is 2.33. The van der Waals surface area contributed by atoms with Crippen molar-refractivity contribution in [3.05, 3.63) is 23.3 Å². The molecule has 146 valence electrons. The van der Waals surface area contributed by atoms with E-state index >= 15 is 0 Å². The number of fused-ring (bicyclic) bond motifs is 3. The SMILES string of the molecule is CCCCC(C)(C)c1cc(OC)c2c(c1)OC(C)(C)[C@@H]1CC[C@@H](O)C[C@@H]21. The number of aliphatic hydroxyl groups excluding tert-OH is 1. The molecule has 0 bridgehead atoms. The highest BCUT2D eigenvalue weighted by Crippen LogP contribution is 2.55. The first-order chi connectivity index (χ1) is 12.2. The molecule has 0 amide bonds. The standard InChI is InChI=1S/C23H36O3/c1-7-8-11-22(2,3)15-12-19(25-6)21-17-14-16(24)9-10-18(17)23(4,5)26-20(21)13-15/h12-13,16-18,24H,7-11,14H2,1-6H3/t16-,17-,18-/m1/s1. The summed E-state index contributed by atoms with van der Waals surface area (Å²) < 4.78 is 12.4. The van der Waals surface area contributed by atoms with Crippen LogP contribution in [0.3, 0.4) is 0 Å². The second-order valence-electron chi connectivity index (χ2n) is 9.46. The van der Waals surface area contributed by atoms with Crippen molar-refractivity contribution in [1.82, 2.24) is 0 Å². The van der Waals surface area contributed by atoms with Crippen LogP contribution in [0, 0.1) is 5.92 Å². The number of rotatable bonds is 5. The van der Waals surface area contributed by atoms with E-state index in [1.807, 2.05) is 0 Å². The van der Waals surface area contributed by atoms with Gasteiger partial charge in [0.25, 0.3) is 0 Å². The fourth-order valence-electron chi connectivity index (χ4n) is 5.03. The lowest BCUT2D eigenvalue weighted by molar-refractivity contribution is -0.0318. The van der Waals surface area contributed by atoms with Crippen LogP contribution in [-0.2, 0) is 5.41 Å². The summed E-state index contributed by atoms with van der Waals surface area (Å²) in [5, 5.41) is 10.3. The third-order valence-electron chi connectivity index (χ3n) is 6.72. The van der Waals surface area contributed by atoms with Gasteiger partial charge in [-0.15, -0.1) is 0 Å². The molecule has 3 rings (SSSR count). The molecule has 1 saturated carbocycles. The quantitative estimate of drug-likeness (QED) is 0.745. The number of aliphatic hydroxyl groups is 1. The van der Waals surface area contributed by atoms with Gasteiger partial charge in [-0.1, -0.05) is 33.6 Å². The van der Waals surface area contributed by atoms with E-state index < -0.39 is 0 Å². The van der Waals surface area contributed by atoms with Gasteiger partial charge >= 0.3 is 0 Å². The minimum absolute atomic E-state index is 0.0920. The zero-order valence-corrected chi connectivity index (χ0v) is 17.4. The van der Waals surface area contributed by atoms with Gasteiger partial charge in [-0.3, -0.25) is 0 Å². The highest BCUT2D eigenvalue weighted by atomic mass is 16.5. The van der Waals surface area contributed by atoms with Crippen LogP contribution < -0.4 is 9.47 Å². The Bertz CT molecular complexity index is 647. The summed E-state index contributed by atoms with van der Waals surface area (Å²) in [6.07, 6.45) is 6.04. The van der Waals surface area contributed by atoms with E-state index in [1.165, 1.54) is 24.0 Å². The van der Waals surface area contributed by atoms with Gasteiger partial charge < -0.3 is 14.6 Å². The van der Waals surface area contributed by atoms with Gasteiger partial charge in [0.2, 0.25) is 0 Å². The lowest BCUT2D eigenvalue weighted by Crippen LogP contribution is -2.47. The fraction of sp³-hybridized carbons (Fsp3) is 0.739. The van der Waals surface area contributed by atoms with E-state index in [0.717, 1.165) is 37.2 Å². The topological polar surface area (TPSA) is 38.7 Å². The summed E-state index contributed by atoms with van der Waals surface area (Å²) in [6.45, 7) is 11.3. The van der Waals surface area contributed by atoms with Crippen LogP contribution in [0.15, 0.2) is 12.1 Å². The average Bonchev–Trinajstić information content (AvgIpc) is 2.58. The summed E-state index contributed by atoms with van der Waals surface area (Å²) >= 11 is 0. The smallest absolute Gasteiger partial charge is 0.127 e. The van der Waals surface area contributed by atoms with Crippen molar-refractivity contribution in [3.63, 3.8) is 0 Å². The van der Waals surface area contributed by atoms with Crippen molar-refractivity contribution in [1.29, 1.82) is 0 Å². The van der Waals surface area contributed by atoms with Crippen molar-refractivity contribution in [3.8, 4) is 11.5 Å². The molecule has 2 aliphatic rings. The van der Waals surface area contributed by atoms with Gasteiger partial charge in [0.05, 0.1) is 13.2 Å². The molecule has 3 heteroatoms. The Morgan fingerprint density at radius 1 is 1.27 bits per heavy atom. The second kappa shape index (κ2) is 7.07. The van der Waals surface area contributed by atoms with Crippen LogP contribution in [0.5, 0.6) is 11.5 Å². The predicted octanol–water partition coefficient (Wildman–Crippen LogP) is 5.58. The molecule has 1 N–H and O–H groups in total. The Kier molecular flexibility index (Phi) is 5.31. The molecule has 1 fully saturated rings. The van der Waals surface area contributed by atoms with E-state index in [0.29, 0.717) is 11.8 Å². The lowest BCUT2D eigenvalue weighted by Gasteiger charge is -2.49. The number of ether oxygens (including phenoxy) is 2. The summed E-state index contributed by atoms with van der Waals surface area (Å²) in [7, 11) is 1.76. The molecule has 1 aliphatic heterocycles. The van der Waals surface area contributed by atoms with Crippen molar-refractivity contribution >= 4 is 0 Å². The van der Waals surface area contributed by atoms with Gasteiger partial charge in [-0.05, 0) is 62.6 Å². The van der Waals surface area contributed by atoms with Gasteiger partial charge in [-0.2, -0.15) is 0 Å². The van der Waals surface area contributed by atoms with Gasteiger partial charge in [-0.25, -0.2) is 0 Å². The Morgan fingerprint density at radius 3 is 2.65 bits per heavy atom. The molecule has 0 radical (unpaired) electrons.